The Morgan fingerprint density at radius 2 is 2.05 bits per heavy atom. The summed E-state index contributed by atoms with van der Waals surface area (Å²) in [4.78, 5) is 11.1. The van der Waals surface area contributed by atoms with E-state index < -0.39 is 21.9 Å². The molecule has 0 aliphatic carbocycles. The Hall–Kier alpha value is -0.920. The molecule has 0 saturated carbocycles. The highest BCUT2D eigenvalue weighted by Gasteiger charge is 2.40. The Morgan fingerprint density at radius 3 is 2.60 bits per heavy atom. The molecule has 0 radical (unpaired) electrons. The molecule has 0 spiro atoms. The summed E-state index contributed by atoms with van der Waals surface area (Å²) in [6.45, 7) is 2.10. The molecular formula is C13H16BrNO4S. The number of halogens is 1. The fourth-order valence-corrected chi connectivity index (χ4v) is 4.66. The highest BCUT2D eigenvalue weighted by atomic mass is 79.9. The second-order valence-electron chi connectivity index (χ2n) is 5.09. The minimum absolute atomic E-state index is 0.0588. The number of hydrogen-bond donors (Lipinski definition) is 1. The summed E-state index contributed by atoms with van der Waals surface area (Å²) in [5, 5.41) is 9.07. The summed E-state index contributed by atoms with van der Waals surface area (Å²) < 4.78 is 26.8. The van der Waals surface area contributed by atoms with Gasteiger partial charge >= 0.3 is 5.97 Å². The number of carbonyl (C=O) groups is 1. The minimum Gasteiger partial charge on any atom is -0.481 e. The van der Waals surface area contributed by atoms with E-state index in [2.05, 4.69) is 15.9 Å². The average molecular weight is 362 g/mol. The maximum absolute atomic E-state index is 12.4. The molecule has 2 rings (SSSR count). The van der Waals surface area contributed by atoms with Gasteiger partial charge in [-0.05, 0) is 17.5 Å². The fourth-order valence-electron chi connectivity index (χ4n) is 2.37. The molecule has 1 N–H and O–H groups in total. The third-order valence-electron chi connectivity index (χ3n) is 3.59. The van der Waals surface area contributed by atoms with Gasteiger partial charge in [0.25, 0.3) is 0 Å². The zero-order valence-electron chi connectivity index (χ0n) is 11.0. The van der Waals surface area contributed by atoms with Gasteiger partial charge in [-0.1, -0.05) is 41.1 Å². The SMILES string of the molecule is C[C@@H]1CN(S(=O)(=O)Cc2ccccc2Br)C[C@H]1C(=O)O. The van der Waals surface area contributed by atoms with Crippen molar-refractivity contribution in [2.75, 3.05) is 13.1 Å². The van der Waals surface area contributed by atoms with Crippen molar-refractivity contribution in [1.29, 1.82) is 0 Å². The van der Waals surface area contributed by atoms with Crippen LogP contribution in [0.25, 0.3) is 0 Å². The molecule has 5 nitrogen and oxygen atoms in total. The molecule has 2 atom stereocenters. The molecule has 7 heteroatoms. The Bertz CT molecular complexity index is 617. The van der Waals surface area contributed by atoms with Crippen LogP contribution in [-0.2, 0) is 20.6 Å². The maximum atomic E-state index is 12.4. The minimum atomic E-state index is -3.49. The molecule has 0 amide bonds. The molecule has 1 saturated heterocycles. The third-order valence-corrected chi connectivity index (χ3v) is 6.12. The summed E-state index contributed by atoms with van der Waals surface area (Å²) in [5.41, 5.74) is 0.680. The number of nitrogens with zero attached hydrogens (tertiary/aromatic N) is 1. The zero-order valence-corrected chi connectivity index (χ0v) is 13.4. The van der Waals surface area contributed by atoms with E-state index in [4.69, 9.17) is 5.11 Å². The smallest absolute Gasteiger partial charge is 0.308 e. The molecule has 1 aliphatic rings. The van der Waals surface area contributed by atoms with Crippen LogP contribution in [0.2, 0.25) is 0 Å². The van der Waals surface area contributed by atoms with Crippen molar-refractivity contribution >= 4 is 31.9 Å². The molecule has 1 fully saturated rings. The van der Waals surface area contributed by atoms with Crippen molar-refractivity contribution in [3.05, 3.63) is 34.3 Å². The highest BCUT2D eigenvalue weighted by molar-refractivity contribution is 9.10. The Labute approximate surface area is 126 Å². The van der Waals surface area contributed by atoms with Gasteiger partial charge in [0.1, 0.15) is 0 Å². The summed E-state index contributed by atoms with van der Waals surface area (Å²) in [7, 11) is -3.49. The predicted molar refractivity (Wildman–Crippen MR) is 78.6 cm³/mol. The molecule has 1 heterocycles. The van der Waals surface area contributed by atoms with Crippen molar-refractivity contribution in [3.63, 3.8) is 0 Å². The first-order valence-electron chi connectivity index (χ1n) is 6.25. The van der Waals surface area contributed by atoms with Crippen LogP contribution in [0.15, 0.2) is 28.7 Å². The number of sulfonamides is 1. The van der Waals surface area contributed by atoms with E-state index in [1.54, 1.807) is 25.1 Å². The first-order valence-corrected chi connectivity index (χ1v) is 8.65. The van der Waals surface area contributed by atoms with Gasteiger partial charge in [-0.25, -0.2) is 12.7 Å². The van der Waals surface area contributed by atoms with Crippen LogP contribution in [0, 0.1) is 11.8 Å². The van der Waals surface area contributed by atoms with E-state index in [0.717, 1.165) is 4.47 Å². The van der Waals surface area contributed by atoms with Gasteiger partial charge in [0, 0.05) is 17.6 Å². The first kappa shape index (κ1) is 15.5. The monoisotopic (exact) mass is 361 g/mol. The Balaban J connectivity index is 2.16. The second-order valence-corrected chi connectivity index (χ2v) is 7.91. The quantitative estimate of drug-likeness (QED) is 0.888. The maximum Gasteiger partial charge on any atom is 0.308 e. The van der Waals surface area contributed by atoms with Crippen LogP contribution in [0.1, 0.15) is 12.5 Å². The predicted octanol–water partition coefficient (Wildman–Crippen LogP) is 1.93. The van der Waals surface area contributed by atoms with E-state index in [1.165, 1.54) is 4.31 Å². The standard InChI is InChI=1S/C13H16BrNO4S/c1-9-6-15(7-11(9)13(16)17)20(18,19)8-10-4-2-3-5-12(10)14/h2-5,9,11H,6-8H2,1H3,(H,16,17)/t9-,11-/m1/s1. The van der Waals surface area contributed by atoms with E-state index >= 15 is 0 Å². The largest absolute Gasteiger partial charge is 0.481 e. The molecule has 1 aliphatic heterocycles. The van der Waals surface area contributed by atoms with E-state index in [9.17, 15) is 13.2 Å². The molecular weight excluding hydrogens is 346 g/mol. The summed E-state index contributed by atoms with van der Waals surface area (Å²) in [6.07, 6.45) is 0. The lowest BCUT2D eigenvalue weighted by atomic mass is 9.99. The molecule has 1 aromatic rings. The lowest BCUT2D eigenvalue weighted by molar-refractivity contribution is -0.142. The number of carboxylic acids is 1. The Kier molecular flexibility index (Phi) is 4.51. The normalized spacial score (nSPS) is 23.9. The number of aliphatic carboxylic acids is 1. The average Bonchev–Trinajstić information content (AvgIpc) is 2.75. The Morgan fingerprint density at radius 1 is 1.40 bits per heavy atom. The summed E-state index contributed by atoms with van der Waals surface area (Å²) in [5.74, 6) is -1.84. The topological polar surface area (TPSA) is 74.7 Å². The second kappa shape index (κ2) is 5.83. The highest BCUT2D eigenvalue weighted by Crippen LogP contribution is 2.28. The number of rotatable bonds is 4. The van der Waals surface area contributed by atoms with Gasteiger partial charge in [0.2, 0.25) is 10.0 Å². The molecule has 0 aromatic heterocycles. The number of carboxylic acid groups (broad SMARTS) is 1. The lowest BCUT2D eigenvalue weighted by Gasteiger charge is -2.16. The van der Waals surface area contributed by atoms with Crippen LogP contribution in [0.4, 0.5) is 0 Å². The van der Waals surface area contributed by atoms with Crippen LogP contribution in [-0.4, -0.2) is 36.9 Å². The van der Waals surface area contributed by atoms with Gasteiger partial charge in [-0.15, -0.1) is 0 Å². The van der Waals surface area contributed by atoms with Crippen LogP contribution >= 0.6 is 15.9 Å². The fraction of sp³-hybridized carbons (Fsp3) is 0.462. The summed E-state index contributed by atoms with van der Waals surface area (Å²) >= 11 is 3.33. The van der Waals surface area contributed by atoms with Crippen molar-refractivity contribution in [1.82, 2.24) is 4.31 Å². The van der Waals surface area contributed by atoms with Crippen molar-refractivity contribution in [2.45, 2.75) is 12.7 Å². The van der Waals surface area contributed by atoms with Gasteiger partial charge < -0.3 is 5.11 Å². The zero-order chi connectivity index (χ0) is 14.9. The van der Waals surface area contributed by atoms with Gasteiger partial charge in [-0.2, -0.15) is 0 Å². The molecule has 0 unspecified atom stereocenters. The van der Waals surface area contributed by atoms with E-state index in [0.29, 0.717) is 5.56 Å². The van der Waals surface area contributed by atoms with Crippen molar-refractivity contribution in [3.8, 4) is 0 Å². The van der Waals surface area contributed by atoms with Gasteiger partial charge in [0.05, 0.1) is 11.7 Å². The molecule has 110 valence electrons. The lowest BCUT2D eigenvalue weighted by Crippen LogP contribution is -2.31. The van der Waals surface area contributed by atoms with Gasteiger partial charge in [-0.3, -0.25) is 4.79 Å². The van der Waals surface area contributed by atoms with Crippen LogP contribution < -0.4 is 0 Å². The number of benzene rings is 1. The molecule has 1 aromatic carbocycles. The van der Waals surface area contributed by atoms with E-state index in [1.807, 2.05) is 6.07 Å². The van der Waals surface area contributed by atoms with Crippen LogP contribution in [0.5, 0.6) is 0 Å². The first-order chi connectivity index (χ1) is 9.31. The molecule has 20 heavy (non-hydrogen) atoms. The van der Waals surface area contributed by atoms with Gasteiger partial charge in [0.15, 0.2) is 0 Å². The van der Waals surface area contributed by atoms with E-state index in [-0.39, 0.29) is 24.8 Å². The number of hydrogen-bond acceptors (Lipinski definition) is 3. The van der Waals surface area contributed by atoms with Crippen molar-refractivity contribution in [2.24, 2.45) is 11.8 Å². The van der Waals surface area contributed by atoms with Crippen molar-refractivity contribution < 1.29 is 18.3 Å². The summed E-state index contributed by atoms with van der Waals surface area (Å²) in [6, 6.07) is 7.13. The molecule has 0 bridgehead atoms. The third kappa shape index (κ3) is 3.21. The van der Waals surface area contributed by atoms with Crippen LogP contribution in [0.3, 0.4) is 0 Å².